The number of para-hydroxylation sites is 1. The van der Waals surface area contributed by atoms with Gasteiger partial charge in [-0.25, -0.2) is 11.0 Å². The Morgan fingerprint density at radius 3 is 2.52 bits per heavy atom. The molecule has 40 heavy (non-hydrogen) atoms. The quantitative estimate of drug-likeness (QED) is 0.430. The molecule has 2 heterocycles. The van der Waals surface area contributed by atoms with Gasteiger partial charge >= 0.3 is 6.17 Å². The van der Waals surface area contributed by atoms with Crippen LogP contribution in [0.25, 0.3) is 16.0 Å². The van der Waals surface area contributed by atoms with E-state index < -0.39 is 29.3 Å². The molecule has 3 aromatic rings. The fourth-order valence-electron chi connectivity index (χ4n) is 5.86. The van der Waals surface area contributed by atoms with Gasteiger partial charge in [0.2, 0.25) is 5.91 Å². The highest BCUT2D eigenvalue weighted by atomic mass is 19.1. The van der Waals surface area contributed by atoms with E-state index >= 15 is 0 Å². The predicted molar refractivity (Wildman–Crippen MR) is 151 cm³/mol. The van der Waals surface area contributed by atoms with Crippen molar-refractivity contribution in [1.29, 1.82) is 0 Å². The van der Waals surface area contributed by atoms with Crippen LogP contribution >= 0.6 is 0 Å². The van der Waals surface area contributed by atoms with Crippen molar-refractivity contribution >= 4 is 23.4 Å². The van der Waals surface area contributed by atoms with Crippen molar-refractivity contribution in [2.45, 2.75) is 44.3 Å². The molecule has 1 saturated heterocycles. The number of hydrogen-bond acceptors (Lipinski definition) is 3. The first-order valence-corrected chi connectivity index (χ1v) is 13.4. The second-order valence-corrected chi connectivity index (χ2v) is 11.0. The minimum Gasteiger partial charge on any atom is -0.330 e. The largest absolute Gasteiger partial charge is 0.330 e. The van der Waals surface area contributed by atoms with Crippen LogP contribution in [0.1, 0.15) is 42.6 Å². The first-order valence-electron chi connectivity index (χ1n) is 13.4. The van der Waals surface area contributed by atoms with Crippen molar-refractivity contribution in [3.63, 3.8) is 0 Å². The van der Waals surface area contributed by atoms with E-state index in [2.05, 4.69) is 10.2 Å². The van der Waals surface area contributed by atoms with Gasteiger partial charge in [-0.3, -0.25) is 24.1 Å². The number of nitrogens with one attached hydrogen (secondary N) is 1. The van der Waals surface area contributed by atoms with Crippen molar-refractivity contribution in [2.75, 3.05) is 18.9 Å². The number of likely N-dealkylation sites (N-methyl/N-ethyl adjacent to an activating group) is 1. The summed E-state index contributed by atoms with van der Waals surface area (Å²) < 4.78 is 14.7. The molecule has 5 rings (SSSR count). The summed E-state index contributed by atoms with van der Waals surface area (Å²) in [6.45, 7) is 11.8. The highest BCUT2D eigenvalue weighted by molar-refractivity contribution is 6.07. The van der Waals surface area contributed by atoms with Crippen molar-refractivity contribution in [2.24, 2.45) is 5.92 Å². The van der Waals surface area contributed by atoms with Crippen LogP contribution in [-0.4, -0.2) is 53.3 Å². The SMILES string of the molecule is [C-]#[N+][C@@H]1C[C@@]2(CN1C(=O)[C@H](CC(C)C)N(C)C(=O)c1ccc(F)c(-c3ccccc3)c1)C(=O)Nc1ccccc12. The standard InChI is InChI=1S/C32H31FN4O3/c1-20(2)16-27(36(4)29(38)22-14-15-25(33)23(17-22)21-10-6-5-7-11-21)30(39)37-19-32(18-28(37)34-3)24-12-8-9-13-26(24)35-31(32)40/h5-15,17,20,27-28H,16,18-19H2,1-2,4H3,(H,35,40)/t27-,28-,32-/m0/s1. The summed E-state index contributed by atoms with van der Waals surface area (Å²) in [7, 11) is 1.56. The summed E-state index contributed by atoms with van der Waals surface area (Å²) >= 11 is 0. The Hall–Kier alpha value is -4.51. The number of carbonyl (C=O) groups is 3. The van der Waals surface area contributed by atoms with E-state index in [9.17, 15) is 18.8 Å². The van der Waals surface area contributed by atoms with Crippen molar-refractivity contribution < 1.29 is 18.8 Å². The maximum atomic E-state index is 14.7. The summed E-state index contributed by atoms with van der Waals surface area (Å²) in [5.41, 5.74) is 1.67. The molecule has 0 radical (unpaired) electrons. The molecule has 3 atom stereocenters. The average Bonchev–Trinajstić information content (AvgIpc) is 3.49. The number of anilines is 1. The lowest BCUT2D eigenvalue weighted by Crippen LogP contribution is -2.51. The summed E-state index contributed by atoms with van der Waals surface area (Å²) in [6.07, 6.45) is -0.279. The van der Waals surface area contributed by atoms with Crippen LogP contribution in [0.2, 0.25) is 0 Å². The van der Waals surface area contributed by atoms with E-state index in [1.54, 1.807) is 31.3 Å². The highest BCUT2D eigenvalue weighted by Crippen LogP contribution is 2.47. The molecule has 1 spiro atoms. The Morgan fingerprint density at radius 1 is 1.12 bits per heavy atom. The first kappa shape index (κ1) is 27.1. The van der Waals surface area contributed by atoms with Crippen LogP contribution in [0.3, 0.4) is 0 Å². The maximum Gasteiger partial charge on any atom is 0.302 e. The molecule has 0 aliphatic carbocycles. The average molecular weight is 539 g/mol. The third-order valence-corrected chi connectivity index (χ3v) is 7.95. The lowest BCUT2D eigenvalue weighted by Gasteiger charge is -2.32. The Bertz CT molecular complexity index is 1520. The zero-order valence-electron chi connectivity index (χ0n) is 22.7. The van der Waals surface area contributed by atoms with Crippen LogP contribution < -0.4 is 5.32 Å². The molecule has 1 fully saturated rings. The first-order chi connectivity index (χ1) is 19.2. The number of amides is 3. The van der Waals surface area contributed by atoms with Gasteiger partial charge in [0.1, 0.15) is 17.3 Å². The smallest absolute Gasteiger partial charge is 0.302 e. The van der Waals surface area contributed by atoms with Crippen LogP contribution in [0.15, 0.2) is 72.8 Å². The molecule has 3 amide bonds. The van der Waals surface area contributed by atoms with Crippen LogP contribution in [0.4, 0.5) is 10.1 Å². The van der Waals surface area contributed by atoms with Gasteiger partial charge < -0.3 is 10.2 Å². The van der Waals surface area contributed by atoms with E-state index in [4.69, 9.17) is 6.57 Å². The van der Waals surface area contributed by atoms with E-state index in [0.717, 1.165) is 5.56 Å². The van der Waals surface area contributed by atoms with Gasteiger partial charge in [-0.05, 0) is 47.7 Å². The van der Waals surface area contributed by atoms with Gasteiger partial charge in [0.15, 0.2) is 0 Å². The molecule has 204 valence electrons. The Morgan fingerprint density at radius 2 is 1.82 bits per heavy atom. The molecule has 2 aliphatic heterocycles. The van der Waals surface area contributed by atoms with E-state index in [0.29, 0.717) is 23.2 Å². The topological polar surface area (TPSA) is 74.1 Å². The molecule has 0 bridgehead atoms. The van der Waals surface area contributed by atoms with Crippen molar-refractivity contribution in [1.82, 2.24) is 9.80 Å². The number of likely N-dealkylation sites (tertiary alicyclic amines) is 1. The molecule has 1 N–H and O–H groups in total. The van der Waals surface area contributed by atoms with Gasteiger partial charge in [0.25, 0.3) is 11.8 Å². The summed E-state index contributed by atoms with van der Waals surface area (Å²) in [6, 6.07) is 19.7. The Balaban J connectivity index is 1.45. The van der Waals surface area contributed by atoms with Gasteiger partial charge in [-0.1, -0.05) is 62.4 Å². The number of benzene rings is 3. The van der Waals surface area contributed by atoms with Crippen LogP contribution in [-0.2, 0) is 15.0 Å². The minimum atomic E-state index is -1.01. The summed E-state index contributed by atoms with van der Waals surface area (Å²) in [4.78, 5) is 47.6. The van der Waals surface area contributed by atoms with E-state index in [-0.39, 0.29) is 36.3 Å². The lowest BCUT2D eigenvalue weighted by atomic mass is 9.80. The van der Waals surface area contributed by atoms with Gasteiger partial charge in [-0.2, -0.15) is 0 Å². The predicted octanol–water partition coefficient (Wildman–Crippen LogP) is 5.35. The summed E-state index contributed by atoms with van der Waals surface area (Å²) in [5.74, 6) is -1.39. The van der Waals surface area contributed by atoms with Crippen LogP contribution in [0, 0.1) is 18.3 Å². The molecular weight excluding hydrogens is 507 g/mol. The number of carbonyl (C=O) groups excluding carboxylic acids is 3. The van der Waals surface area contributed by atoms with Crippen LogP contribution in [0.5, 0.6) is 0 Å². The number of hydrogen-bond donors (Lipinski definition) is 1. The van der Waals surface area contributed by atoms with E-state index in [1.807, 2.05) is 44.2 Å². The zero-order chi connectivity index (χ0) is 28.6. The molecule has 0 unspecified atom stereocenters. The third kappa shape index (κ3) is 4.62. The monoisotopic (exact) mass is 538 g/mol. The third-order valence-electron chi connectivity index (χ3n) is 7.95. The second kappa shape index (κ2) is 10.6. The van der Waals surface area contributed by atoms with E-state index in [1.165, 1.54) is 28.0 Å². The fraction of sp³-hybridized carbons (Fsp3) is 0.312. The molecule has 0 saturated carbocycles. The number of halogens is 1. The normalized spacial score (nSPS) is 20.2. The Kier molecular flexibility index (Phi) is 7.16. The molecular formula is C32H31FN4O3. The number of rotatable bonds is 6. The molecule has 3 aromatic carbocycles. The highest BCUT2D eigenvalue weighted by Gasteiger charge is 2.59. The fourth-order valence-corrected chi connectivity index (χ4v) is 5.86. The molecule has 2 aliphatic rings. The minimum absolute atomic E-state index is 0.0626. The summed E-state index contributed by atoms with van der Waals surface area (Å²) in [5, 5.41) is 2.91. The Labute approximate surface area is 233 Å². The van der Waals surface area contributed by atoms with Crippen molar-refractivity contribution in [3.8, 4) is 11.1 Å². The van der Waals surface area contributed by atoms with Gasteiger partial charge in [-0.15, -0.1) is 0 Å². The van der Waals surface area contributed by atoms with Gasteiger partial charge in [0, 0.05) is 30.4 Å². The molecule has 7 nitrogen and oxygen atoms in total. The maximum absolute atomic E-state index is 14.7. The zero-order valence-corrected chi connectivity index (χ0v) is 22.7. The number of nitrogens with zero attached hydrogens (tertiary/aromatic N) is 3. The number of fused-ring (bicyclic) bond motifs is 2. The molecule has 0 aromatic heterocycles. The molecule has 8 heteroatoms. The lowest BCUT2D eigenvalue weighted by molar-refractivity contribution is -0.136. The van der Waals surface area contributed by atoms with Gasteiger partial charge in [0.05, 0.1) is 6.42 Å². The second-order valence-electron chi connectivity index (χ2n) is 11.0. The van der Waals surface area contributed by atoms with Crippen molar-refractivity contribution in [3.05, 3.63) is 101 Å².